The summed E-state index contributed by atoms with van der Waals surface area (Å²) >= 11 is 1.53. The Morgan fingerprint density at radius 1 is 1.44 bits per heavy atom. The smallest absolute Gasteiger partial charge is 0.231 e. The Labute approximate surface area is 111 Å². The minimum absolute atomic E-state index is 0.204. The fourth-order valence-corrected chi connectivity index (χ4v) is 2.49. The molecule has 2 rings (SSSR count). The summed E-state index contributed by atoms with van der Waals surface area (Å²) in [6.07, 6.45) is 1.03. The van der Waals surface area contributed by atoms with E-state index in [1.807, 2.05) is 5.38 Å². The highest BCUT2D eigenvalue weighted by Gasteiger charge is 2.22. The summed E-state index contributed by atoms with van der Waals surface area (Å²) in [6, 6.07) is 0.360. The van der Waals surface area contributed by atoms with Crippen molar-refractivity contribution in [3.63, 3.8) is 0 Å². The zero-order valence-corrected chi connectivity index (χ0v) is 11.7. The Morgan fingerprint density at radius 3 is 2.89 bits per heavy atom. The second-order valence-corrected chi connectivity index (χ2v) is 4.91. The van der Waals surface area contributed by atoms with E-state index in [9.17, 15) is 0 Å². The average molecular weight is 266 g/mol. The van der Waals surface area contributed by atoms with Crippen LogP contribution in [0.4, 0.5) is 0 Å². The van der Waals surface area contributed by atoms with Gasteiger partial charge in [-0.25, -0.2) is 4.98 Å². The lowest BCUT2D eigenvalue weighted by molar-refractivity contribution is 0.321. The molecule has 0 aliphatic heterocycles. The number of hydrogen-bond acceptors (Lipinski definition) is 6. The third-order valence-electron chi connectivity index (χ3n) is 3.00. The van der Waals surface area contributed by atoms with Gasteiger partial charge in [0.2, 0.25) is 11.7 Å². The van der Waals surface area contributed by atoms with Crippen molar-refractivity contribution in [2.75, 3.05) is 6.54 Å². The zero-order chi connectivity index (χ0) is 13.0. The number of rotatable bonds is 6. The molecule has 2 aromatic heterocycles. The molecule has 2 unspecified atom stereocenters. The molecule has 0 saturated carbocycles. The molecule has 0 aliphatic rings. The van der Waals surface area contributed by atoms with Crippen molar-refractivity contribution in [3.05, 3.63) is 16.8 Å². The highest BCUT2D eigenvalue weighted by atomic mass is 32.1. The van der Waals surface area contributed by atoms with Gasteiger partial charge in [-0.3, -0.25) is 0 Å². The van der Waals surface area contributed by atoms with Crippen LogP contribution in [0.2, 0.25) is 0 Å². The lowest BCUT2D eigenvalue weighted by atomic mass is 9.99. The fraction of sp³-hybridized carbons (Fsp3) is 0.583. The van der Waals surface area contributed by atoms with Gasteiger partial charge in [0.05, 0.1) is 11.4 Å². The summed E-state index contributed by atoms with van der Waals surface area (Å²) in [7, 11) is 0. The highest BCUT2D eigenvalue weighted by Crippen LogP contribution is 2.22. The molecule has 0 aromatic carbocycles. The molecule has 2 atom stereocenters. The van der Waals surface area contributed by atoms with Gasteiger partial charge < -0.3 is 9.84 Å². The maximum Gasteiger partial charge on any atom is 0.231 e. The molecule has 6 heteroatoms. The van der Waals surface area contributed by atoms with E-state index in [0.29, 0.717) is 17.8 Å². The van der Waals surface area contributed by atoms with Crippen molar-refractivity contribution in [2.45, 2.75) is 39.2 Å². The van der Waals surface area contributed by atoms with Crippen LogP contribution in [0.15, 0.2) is 15.4 Å². The SMILES string of the molecule is CCNC(CC)C(C)c1nc(-c2cscn2)no1. The minimum atomic E-state index is 0.204. The first kappa shape index (κ1) is 13.2. The monoisotopic (exact) mass is 266 g/mol. The van der Waals surface area contributed by atoms with Crippen molar-refractivity contribution in [1.82, 2.24) is 20.4 Å². The van der Waals surface area contributed by atoms with Crippen LogP contribution in [0, 0.1) is 0 Å². The van der Waals surface area contributed by atoms with E-state index < -0.39 is 0 Å². The zero-order valence-electron chi connectivity index (χ0n) is 10.9. The maximum atomic E-state index is 5.34. The predicted molar refractivity (Wildman–Crippen MR) is 71.6 cm³/mol. The van der Waals surface area contributed by atoms with Gasteiger partial charge in [-0.1, -0.05) is 25.9 Å². The molecule has 5 nitrogen and oxygen atoms in total. The topological polar surface area (TPSA) is 63.8 Å². The van der Waals surface area contributed by atoms with E-state index >= 15 is 0 Å². The van der Waals surface area contributed by atoms with Crippen LogP contribution in [0.25, 0.3) is 11.5 Å². The normalized spacial score (nSPS) is 14.6. The van der Waals surface area contributed by atoms with Crippen LogP contribution in [0.5, 0.6) is 0 Å². The quantitative estimate of drug-likeness (QED) is 0.871. The molecule has 0 amide bonds. The lowest BCUT2D eigenvalue weighted by Crippen LogP contribution is -2.33. The van der Waals surface area contributed by atoms with E-state index in [1.54, 1.807) is 5.51 Å². The molecule has 0 spiro atoms. The largest absolute Gasteiger partial charge is 0.339 e. The number of hydrogen-bond donors (Lipinski definition) is 1. The van der Waals surface area contributed by atoms with Crippen LogP contribution in [-0.2, 0) is 0 Å². The Morgan fingerprint density at radius 2 is 2.28 bits per heavy atom. The van der Waals surface area contributed by atoms with Crippen molar-refractivity contribution < 1.29 is 4.52 Å². The van der Waals surface area contributed by atoms with E-state index in [4.69, 9.17) is 4.52 Å². The Balaban J connectivity index is 2.14. The van der Waals surface area contributed by atoms with Gasteiger partial charge in [-0.2, -0.15) is 4.98 Å². The predicted octanol–water partition coefficient (Wildman–Crippen LogP) is 2.68. The number of aromatic nitrogens is 3. The second kappa shape index (κ2) is 6.06. The summed E-state index contributed by atoms with van der Waals surface area (Å²) in [5, 5.41) is 9.34. The first-order valence-corrected chi connectivity index (χ1v) is 7.16. The molecule has 0 saturated heterocycles. The van der Waals surface area contributed by atoms with E-state index in [-0.39, 0.29) is 5.92 Å². The highest BCUT2D eigenvalue weighted by molar-refractivity contribution is 7.07. The Kier molecular flexibility index (Phi) is 4.43. The second-order valence-electron chi connectivity index (χ2n) is 4.19. The van der Waals surface area contributed by atoms with Crippen molar-refractivity contribution in [1.29, 1.82) is 0 Å². The molecule has 98 valence electrons. The van der Waals surface area contributed by atoms with Crippen LogP contribution in [-0.4, -0.2) is 27.7 Å². The summed E-state index contributed by atoms with van der Waals surface area (Å²) in [5.74, 6) is 1.45. The molecule has 18 heavy (non-hydrogen) atoms. The molecule has 1 N–H and O–H groups in total. The van der Waals surface area contributed by atoms with E-state index in [2.05, 4.69) is 41.2 Å². The van der Waals surface area contributed by atoms with Gasteiger partial charge in [0.25, 0.3) is 0 Å². The molecule has 2 heterocycles. The Bertz CT molecular complexity index is 468. The molecule has 0 bridgehead atoms. The summed E-state index contributed by atoms with van der Waals surface area (Å²) < 4.78 is 5.34. The maximum absolute atomic E-state index is 5.34. The molecule has 0 aliphatic carbocycles. The summed E-state index contributed by atoms with van der Waals surface area (Å²) in [4.78, 5) is 8.61. The van der Waals surface area contributed by atoms with Gasteiger partial charge >= 0.3 is 0 Å². The van der Waals surface area contributed by atoms with Crippen LogP contribution < -0.4 is 5.32 Å². The molecule has 0 fully saturated rings. The first-order valence-electron chi connectivity index (χ1n) is 6.21. The molecule has 0 radical (unpaired) electrons. The summed E-state index contributed by atoms with van der Waals surface area (Å²) in [5.41, 5.74) is 2.54. The standard InChI is InChI=1S/C12H18N4OS/c1-4-9(13-5-2)8(3)12-15-11(16-17-12)10-6-18-7-14-10/h6-9,13H,4-5H2,1-3H3. The Hall–Kier alpha value is -1.27. The number of nitrogens with zero attached hydrogens (tertiary/aromatic N) is 3. The van der Waals surface area contributed by atoms with Crippen LogP contribution in [0.1, 0.15) is 39.0 Å². The molecule has 2 aromatic rings. The summed E-state index contributed by atoms with van der Waals surface area (Å²) in [6.45, 7) is 7.30. The van der Waals surface area contributed by atoms with E-state index in [0.717, 1.165) is 18.7 Å². The van der Waals surface area contributed by atoms with Crippen molar-refractivity contribution in [3.8, 4) is 11.5 Å². The third kappa shape index (κ3) is 2.76. The van der Waals surface area contributed by atoms with Crippen LogP contribution >= 0.6 is 11.3 Å². The van der Waals surface area contributed by atoms with Crippen molar-refractivity contribution >= 4 is 11.3 Å². The number of thiazole rings is 1. The number of nitrogens with one attached hydrogen (secondary N) is 1. The molecular formula is C12H18N4OS. The van der Waals surface area contributed by atoms with Crippen molar-refractivity contribution in [2.24, 2.45) is 0 Å². The fourth-order valence-electron chi connectivity index (χ4n) is 1.96. The van der Waals surface area contributed by atoms with Crippen LogP contribution in [0.3, 0.4) is 0 Å². The van der Waals surface area contributed by atoms with Gasteiger partial charge in [-0.15, -0.1) is 11.3 Å². The van der Waals surface area contributed by atoms with Gasteiger partial charge in [0, 0.05) is 11.4 Å². The third-order valence-corrected chi connectivity index (χ3v) is 3.59. The van der Waals surface area contributed by atoms with Gasteiger partial charge in [0.15, 0.2) is 0 Å². The van der Waals surface area contributed by atoms with Gasteiger partial charge in [-0.05, 0) is 13.0 Å². The number of likely N-dealkylation sites (N-methyl/N-ethyl adjacent to an activating group) is 1. The van der Waals surface area contributed by atoms with E-state index in [1.165, 1.54) is 11.3 Å². The first-order chi connectivity index (χ1) is 8.76. The molecular weight excluding hydrogens is 248 g/mol. The lowest BCUT2D eigenvalue weighted by Gasteiger charge is -2.20. The average Bonchev–Trinajstić information content (AvgIpc) is 3.04. The minimum Gasteiger partial charge on any atom is -0.339 e. The van der Waals surface area contributed by atoms with Gasteiger partial charge in [0.1, 0.15) is 5.69 Å².